The summed E-state index contributed by atoms with van der Waals surface area (Å²) in [6.45, 7) is 6.62. The summed E-state index contributed by atoms with van der Waals surface area (Å²) in [5, 5.41) is 5.23. The van der Waals surface area contributed by atoms with Gasteiger partial charge in [-0.3, -0.25) is 0 Å². The molecule has 0 aliphatic rings. The van der Waals surface area contributed by atoms with Crippen molar-refractivity contribution in [1.29, 1.82) is 0 Å². The second-order valence-electron chi connectivity index (χ2n) is 7.49. The molecule has 142 valence electrons. The number of aryl methyl sites for hydroxylation is 3. The third-order valence-corrected chi connectivity index (χ3v) is 5.12. The summed E-state index contributed by atoms with van der Waals surface area (Å²) in [6.07, 6.45) is 0. The van der Waals surface area contributed by atoms with Crippen molar-refractivity contribution < 1.29 is 9.21 Å². The molecule has 0 spiro atoms. The third kappa shape index (κ3) is 3.33. The first-order valence-corrected chi connectivity index (χ1v) is 9.42. The Balaban J connectivity index is 1.55. The van der Waals surface area contributed by atoms with Crippen LogP contribution in [-0.4, -0.2) is 18.0 Å². The molecule has 4 aromatic rings. The second kappa shape index (κ2) is 7.04. The highest BCUT2D eigenvalue weighted by Gasteiger charge is 2.14. The molecule has 1 aromatic heterocycles. The molecular formula is C24H24N2O2. The number of benzene rings is 3. The largest absolute Gasteiger partial charge is 0.456 e. The fourth-order valence-corrected chi connectivity index (χ4v) is 3.80. The van der Waals surface area contributed by atoms with Gasteiger partial charge in [-0.1, -0.05) is 42.0 Å². The van der Waals surface area contributed by atoms with Crippen LogP contribution in [0.2, 0.25) is 0 Å². The summed E-state index contributed by atoms with van der Waals surface area (Å²) in [4.78, 5) is 14.4. The zero-order valence-corrected chi connectivity index (χ0v) is 16.7. The molecule has 0 unspecified atom stereocenters. The van der Waals surface area contributed by atoms with Gasteiger partial charge in [-0.25, -0.2) is 4.79 Å². The van der Waals surface area contributed by atoms with E-state index in [0.717, 1.165) is 44.3 Å². The monoisotopic (exact) mass is 372 g/mol. The summed E-state index contributed by atoms with van der Waals surface area (Å²) in [7, 11) is 1.81. The minimum absolute atomic E-state index is 0.118. The predicted octanol–water partition coefficient (Wildman–Crippen LogP) is 6.18. The van der Waals surface area contributed by atoms with Gasteiger partial charge >= 0.3 is 6.03 Å². The SMILES string of the molecule is Cc1cc(C)c(NC(=O)N(C)Cc2ccc3oc4ccccc4c3c2)c(C)c1. The molecule has 0 fully saturated rings. The molecule has 0 atom stereocenters. The Hall–Kier alpha value is -3.27. The highest BCUT2D eigenvalue weighted by Crippen LogP contribution is 2.29. The van der Waals surface area contributed by atoms with Crippen molar-refractivity contribution >= 4 is 33.7 Å². The molecule has 2 amide bonds. The first-order valence-electron chi connectivity index (χ1n) is 9.42. The fourth-order valence-electron chi connectivity index (χ4n) is 3.80. The Morgan fingerprint density at radius 1 is 0.929 bits per heavy atom. The van der Waals surface area contributed by atoms with Gasteiger partial charge in [0.05, 0.1) is 0 Å². The van der Waals surface area contributed by atoms with Gasteiger partial charge in [-0.2, -0.15) is 0 Å². The number of amides is 2. The lowest BCUT2D eigenvalue weighted by Gasteiger charge is -2.20. The maximum Gasteiger partial charge on any atom is 0.321 e. The number of furan rings is 1. The number of anilines is 1. The highest BCUT2D eigenvalue weighted by molar-refractivity contribution is 6.05. The minimum atomic E-state index is -0.118. The maximum atomic E-state index is 12.7. The first-order chi connectivity index (χ1) is 13.4. The molecule has 4 heteroatoms. The zero-order chi connectivity index (χ0) is 19.8. The molecule has 0 saturated carbocycles. The van der Waals surface area contributed by atoms with E-state index in [4.69, 9.17) is 4.42 Å². The van der Waals surface area contributed by atoms with Crippen molar-refractivity contribution in [2.24, 2.45) is 0 Å². The van der Waals surface area contributed by atoms with Crippen molar-refractivity contribution in [1.82, 2.24) is 4.90 Å². The molecule has 0 aliphatic carbocycles. The zero-order valence-electron chi connectivity index (χ0n) is 16.7. The van der Waals surface area contributed by atoms with Gasteiger partial charge in [-0.05, 0) is 55.7 Å². The molecule has 0 bridgehead atoms. The normalized spacial score (nSPS) is 11.1. The fraction of sp³-hybridized carbons (Fsp3) is 0.208. The van der Waals surface area contributed by atoms with Crippen LogP contribution in [0.4, 0.5) is 10.5 Å². The molecule has 0 aliphatic heterocycles. The van der Waals surface area contributed by atoms with E-state index < -0.39 is 0 Å². The Kier molecular flexibility index (Phi) is 4.55. The molecule has 0 saturated heterocycles. The van der Waals surface area contributed by atoms with E-state index in [0.29, 0.717) is 6.54 Å². The van der Waals surface area contributed by atoms with E-state index in [1.807, 2.05) is 51.2 Å². The second-order valence-corrected chi connectivity index (χ2v) is 7.49. The number of nitrogens with zero attached hydrogens (tertiary/aromatic N) is 1. The number of hydrogen-bond donors (Lipinski definition) is 1. The lowest BCUT2D eigenvalue weighted by Crippen LogP contribution is -2.31. The number of hydrogen-bond acceptors (Lipinski definition) is 2. The Morgan fingerprint density at radius 3 is 2.36 bits per heavy atom. The van der Waals surface area contributed by atoms with Crippen molar-refractivity contribution in [3.05, 3.63) is 76.9 Å². The van der Waals surface area contributed by atoms with Crippen molar-refractivity contribution in [3.8, 4) is 0 Å². The predicted molar refractivity (Wildman–Crippen MR) is 115 cm³/mol. The van der Waals surface area contributed by atoms with Crippen LogP contribution in [0.5, 0.6) is 0 Å². The lowest BCUT2D eigenvalue weighted by molar-refractivity contribution is 0.220. The lowest BCUT2D eigenvalue weighted by atomic mass is 10.1. The maximum absolute atomic E-state index is 12.7. The van der Waals surface area contributed by atoms with Crippen molar-refractivity contribution in [2.75, 3.05) is 12.4 Å². The number of urea groups is 1. The van der Waals surface area contributed by atoms with Crippen molar-refractivity contribution in [3.63, 3.8) is 0 Å². The van der Waals surface area contributed by atoms with E-state index in [1.54, 1.807) is 4.90 Å². The summed E-state index contributed by atoms with van der Waals surface area (Å²) in [6, 6.07) is 18.2. The van der Waals surface area contributed by atoms with Gasteiger partial charge in [0.15, 0.2) is 0 Å². The number of carbonyl (C=O) groups excluding carboxylic acids is 1. The number of carbonyl (C=O) groups is 1. The van der Waals surface area contributed by atoms with E-state index in [9.17, 15) is 4.79 Å². The smallest absolute Gasteiger partial charge is 0.321 e. The quantitative estimate of drug-likeness (QED) is 0.467. The molecule has 4 nitrogen and oxygen atoms in total. The summed E-state index contributed by atoms with van der Waals surface area (Å²) in [5.74, 6) is 0. The van der Waals surface area contributed by atoms with Crippen LogP contribution < -0.4 is 5.32 Å². The molecule has 0 radical (unpaired) electrons. The Labute approximate surface area is 164 Å². The third-order valence-electron chi connectivity index (χ3n) is 5.12. The van der Waals surface area contributed by atoms with Gasteiger partial charge < -0.3 is 14.6 Å². The van der Waals surface area contributed by atoms with Crippen LogP contribution in [0.25, 0.3) is 21.9 Å². The van der Waals surface area contributed by atoms with Gasteiger partial charge in [0, 0.05) is 30.1 Å². The molecule has 1 heterocycles. The molecular weight excluding hydrogens is 348 g/mol. The van der Waals surface area contributed by atoms with E-state index in [2.05, 4.69) is 36.5 Å². The average molecular weight is 372 g/mol. The molecule has 1 N–H and O–H groups in total. The van der Waals surface area contributed by atoms with E-state index in [-0.39, 0.29) is 6.03 Å². The number of rotatable bonds is 3. The number of nitrogens with one attached hydrogen (secondary N) is 1. The Bertz CT molecular complexity index is 1170. The van der Waals surface area contributed by atoms with Crippen molar-refractivity contribution in [2.45, 2.75) is 27.3 Å². The molecule has 28 heavy (non-hydrogen) atoms. The van der Waals surface area contributed by atoms with Gasteiger partial charge in [0.1, 0.15) is 11.2 Å². The van der Waals surface area contributed by atoms with Gasteiger partial charge in [0.2, 0.25) is 0 Å². The topological polar surface area (TPSA) is 45.5 Å². The minimum Gasteiger partial charge on any atom is -0.456 e. The summed E-state index contributed by atoms with van der Waals surface area (Å²) < 4.78 is 5.88. The van der Waals surface area contributed by atoms with Crippen LogP contribution in [0.3, 0.4) is 0 Å². The molecule has 4 rings (SSSR count). The number of para-hydroxylation sites is 1. The Morgan fingerprint density at radius 2 is 1.61 bits per heavy atom. The van der Waals surface area contributed by atoms with Crippen LogP contribution in [0, 0.1) is 20.8 Å². The van der Waals surface area contributed by atoms with Gasteiger partial charge in [0.25, 0.3) is 0 Å². The van der Waals surface area contributed by atoms with Crippen LogP contribution >= 0.6 is 0 Å². The first kappa shape index (κ1) is 18.1. The standard InChI is InChI=1S/C24H24N2O2/c1-15-11-16(2)23(17(3)12-15)25-24(27)26(4)14-18-9-10-22-20(13-18)19-7-5-6-8-21(19)28-22/h5-13H,14H2,1-4H3,(H,25,27). The van der Waals surface area contributed by atoms with E-state index >= 15 is 0 Å². The van der Waals surface area contributed by atoms with E-state index in [1.165, 1.54) is 5.56 Å². The molecule has 3 aromatic carbocycles. The van der Waals surface area contributed by atoms with Crippen LogP contribution in [0.15, 0.2) is 59.0 Å². The van der Waals surface area contributed by atoms with Crippen LogP contribution in [0.1, 0.15) is 22.3 Å². The summed E-state index contributed by atoms with van der Waals surface area (Å²) in [5.41, 5.74) is 7.04. The highest BCUT2D eigenvalue weighted by atomic mass is 16.3. The van der Waals surface area contributed by atoms with Gasteiger partial charge in [-0.15, -0.1) is 0 Å². The average Bonchev–Trinajstić information content (AvgIpc) is 3.02. The van der Waals surface area contributed by atoms with Crippen LogP contribution in [-0.2, 0) is 6.54 Å². The summed E-state index contributed by atoms with van der Waals surface area (Å²) >= 11 is 0. The number of fused-ring (bicyclic) bond motifs is 3.